The molecule has 4 rings (SSSR count). The van der Waals surface area contributed by atoms with E-state index in [9.17, 15) is 5.11 Å². The van der Waals surface area contributed by atoms with E-state index in [-0.39, 0.29) is 5.92 Å². The number of nitrogens with zero attached hydrogens (tertiary/aromatic N) is 1. The summed E-state index contributed by atoms with van der Waals surface area (Å²) in [5.74, 6) is 1.62. The van der Waals surface area contributed by atoms with Gasteiger partial charge in [-0.2, -0.15) is 0 Å². The largest absolute Gasteiger partial charge is 0.497 e. The van der Waals surface area contributed by atoms with Gasteiger partial charge in [-0.25, -0.2) is 0 Å². The van der Waals surface area contributed by atoms with Gasteiger partial charge in [0.1, 0.15) is 17.1 Å². The summed E-state index contributed by atoms with van der Waals surface area (Å²) in [5.41, 5.74) is 2.17. The Bertz CT molecular complexity index is 941. The van der Waals surface area contributed by atoms with Crippen LogP contribution in [-0.4, -0.2) is 57.1 Å². The Kier molecular flexibility index (Phi) is 6.80. The lowest BCUT2D eigenvalue weighted by atomic mass is 9.80. The van der Waals surface area contributed by atoms with Crippen LogP contribution >= 0.6 is 0 Å². The molecule has 168 valence electrons. The van der Waals surface area contributed by atoms with E-state index >= 15 is 0 Å². The number of likely N-dealkylation sites (tertiary alicyclic amines) is 1. The average molecular weight is 434 g/mol. The molecule has 1 fully saturated rings. The lowest BCUT2D eigenvalue weighted by Crippen LogP contribution is -2.36. The molecule has 2 atom stereocenters. The fourth-order valence-electron chi connectivity index (χ4n) is 4.54. The van der Waals surface area contributed by atoms with Crippen LogP contribution in [-0.2, 0) is 10.3 Å². The molecule has 0 bridgehead atoms. The quantitative estimate of drug-likeness (QED) is 0.546. The second-order valence-electron chi connectivity index (χ2n) is 8.36. The molecule has 2 unspecified atom stereocenters. The van der Waals surface area contributed by atoms with Crippen molar-refractivity contribution in [3.63, 3.8) is 0 Å². The number of hydrogen-bond donors (Lipinski definition) is 1. The lowest BCUT2D eigenvalue weighted by Gasteiger charge is -2.37. The summed E-state index contributed by atoms with van der Waals surface area (Å²) in [6.45, 7) is 1.90. The number of methoxy groups -OCH3 is 2. The smallest absolute Gasteiger partial charge is 0.143 e. The zero-order chi connectivity index (χ0) is 22.6. The van der Waals surface area contributed by atoms with Crippen molar-refractivity contribution in [1.29, 1.82) is 0 Å². The highest BCUT2D eigenvalue weighted by Gasteiger charge is 2.40. The molecule has 1 N–H and O–H groups in total. The van der Waals surface area contributed by atoms with E-state index in [0.29, 0.717) is 13.2 Å². The Hall–Kier alpha value is -2.86. The molecular weight excluding hydrogens is 402 g/mol. The predicted octanol–water partition coefficient (Wildman–Crippen LogP) is 3.93. The summed E-state index contributed by atoms with van der Waals surface area (Å²) < 4.78 is 17.7. The molecule has 1 heterocycles. The van der Waals surface area contributed by atoms with Gasteiger partial charge in [0.25, 0.3) is 0 Å². The summed E-state index contributed by atoms with van der Waals surface area (Å²) in [6.07, 6.45) is -0.403. The van der Waals surface area contributed by atoms with Crippen LogP contribution in [0.25, 0.3) is 0 Å². The molecule has 0 aliphatic carbocycles. The van der Waals surface area contributed by atoms with Gasteiger partial charge < -0.3 is 24.2 Å². The first-order valence-corrected chi connectivity index (χ1v) is 10.9. The fourth-order valence-corrected chi connectivity index (χ4v) is 4.54. The zero-order valence-electron chi connectivity index (χ0n) is 18.9. The molecule has 0 amide bonds. The lowest BCUT2D eigenvalue weighted by molar-refractivity contribution is -0.0254. The maximum absolute atomic E-state index is 10.5. The maximum atomic E-state index is 10.5. The van der Waals surface area contributed by atoms with E-state index < -0.39 is 11.7 Å². The second kappa shape index (κ2) is 9.74. The van der Waals surface area contributed by atoms with Gasteiger partial charge in [-0.1, -0.05) is 54.6 Å². The minimum atomic E-state index is -0.847. The van der Waals surface area contributed by atoms with E-state index in [1.807, 2.05) is 73.8 Å². The van der Waals surface area contributed by atoms with E-state index in [2.05, 4.69) is 17.0 Å². The Morgan fingerprint density at radius 3 is 1.72 bits per heavy atom. The molecule has 0 spiro atoms. The van der Waals surface area contributed by atoms with Crippen molar-refractivity contribution in [3.05, 3.63) is 95.6 Å². The fraction of sp³-hybridized carbons (Fsp3) is 0.333. The molecule has 5 nitrogen and oxygen atoms in total. The minimum absolute atomic E-state index is 0.0413. The summed E-state index contributed by atoms with van der Waals surface area (Å²) in [6, 6.07) is 26.3. The molecule has 0 radical (unpaired) electrons. The van der Waals surface area contributed by atoms with Crippen LogP contribution < -0.4 is 9.47 Å². The van der Waals surface area contributed by atoms with Crippen LogP contribution in [0.2, 0.25) is 0 Å². The van der Waals surface area contributed by atoms with Crippen molar-refractivity contribution in [2.24, 2.45) is 5.92 Å². The van der Waals surface area contributed by atoms with Gasteiger partial charge in [-0.3, -0.25) is 0 Å². The second-order valence-corrected chi connectivity index (χ2v) is 8.36. The SMILES string of the molecule is COc1ccc(C(OCC2CN(C)CC2O)(c2ccccc2)c2ccc(OC)cc2)cc1. The van der Waals surface area contributed by atoms with Gasteiger partial charge in [0.05, 0.1) is 26.9 Å². The molecule has 0 saturated carbocycles. The number of benzene rings is 3. The van der Waals surface area contributed by atoms with Crippen molar-refractivity contribution in [1.82, 2.24) is 4.90 Å². The number of rotatable bonds is 8. The minimum Gasteiger partial charge on any atom is -0.497 e. The number of aliphatic hydroxyl groups excluding tert-OH is 1. The summed E-state index contributed by atoms with van der Waals surface area (Å²) in [4.78, 5) is 2.14. The van der Waals surface area contributed by atoms with Crippen LogP contribution in [0.4, 0.5) is 0 Å². The van der Waals surface area contributed by atoms with E-state index in [0.717, 1.165) is 34.7 Å². The highest BCUT2D eigenvalue weighted by atomic mass is 16.5. The van der Waals surface area contributed by atoms with Gasteiger partial charge in [0, 0.05) is 19.0 Å². The zero-order valence-corrected chi connectivity index (χ0v) is 18.9. The molecule has 5 heteroatoms. The highest BCUT2D eigenvalue weighted by Crippen LogP contribution is 2.42. The molecule has 1 aliphatic rings. The molecule has 3 aromatic rings. The number of aliphatic hydroxyl groups is 1. The standard InChI is InChI=1S/C27H31NO4/c1-28-17-20(26(29)18-28)19-32-27(21-7-5-4-6-8-21,22-9-13-24(30-2)14-10-22)23-11-15-25(31-3)16-12-23/h4-16,20,26,29H,17-19H2,1-3H3. The van der Waals surface area contributed by atoms with E-state index in [1.165, 1.54) is 0 Å². The normalized spacial score (nSPS) is 19.1. The third-order valence-electron chi connectivity index (χ3n) is 6.28. The molecule has 3 aromatic carbocycles. The summed E-state index contributed by atoms with van der Waals surface area (Å²) in [7, 11) is 5.36. The molecule has 32 heavy (non-hydrogen) atoms. The van der Waals surface area contributed by atoms with Gasteiger partial charge in [0.15, 0.2) is 0 Å². The highest BCUT2D eigenvalue weighted by molar-refractivity contribution is 5.49. The molecule has 0 aromatic heterocycles. The summed E-state index contributed by atoms with van der Waals surface area (Å²) in [5, 5.41) is 10.5. The first-order chi connectivity index (χ1) is 15.6. The maximum Gasteiger partial charge on any atom is 0.143 e. The Labute approximate surface area is 190 Å². The van der Waals surface area contributed by atoms with E-state index in [4.69, 9.17) is 14.2 Å². The monoisotopic (exact) mass is 433 g/mol. The molecule has 1 saturated heterocycles. The molecule has 1 aliphatic heterocycles. The summed E-state index contributed by atoms with van der Waals surface area (Å²) >= 11 is 0. The Morgan fingerprint density at radius 1 is 0.781 bits per heavy atom. The average Bonchev–Trinajstić information content (AvgIpc) is 3.17. The third kappa shape index (κ3) is 4.37. The number of β-amino-alcohol motifs (C(OH)–C–C–N with tert-alkyl or cyclic N) is 1. The topological polar surface area (TPSA) is 51.2 Å². The third-order valence-corrected chi connectivity index (χ3v) is 6.28. The van der Waals surface area contributed by atoms with Crippen molar-refractivity contribution in [2.45, 2.75) is 11.7 Å². The van der Waals surface area contributed by atoms with Crippen LogP contribution in [0.3, 0.4) is 0 Å². The Morgan fingerprint density at radius 2 is 1.28 bits per heavy atom. The molecular formula is C27H31NO4. The first kappa shape index (κ1) is 22.3. The number of hydrogen-bond acceptors (Lipinski definition) is 5. The Balaban J connectivity index is 1.84. The van der Waals surface area contributed by atoms with Crippen LogP contribution in [0, 0.1) is 5.92 Å². The number of likely N-dealkylation sites (N-methyl/N-ethyl adjacent to an activating group) is 1. The van der Waals surface area contributed by atoms with Gasteiger partial charge in [-0.15, -0.1) is 0 Å². The number of ether oxygens (including phenoxy) is 3. The van der Waals surface area contributed by atoms with Gasteiger partial charge in [-0.05, 0) is 48.0 Å². The van der Waals surface area contributed by atoms with Gasteiger partial charge in [0.2, 0.25) is 0 Å². The van der Waals surface area contributed by atoms with Gasteiger partial charge >= 0.3 is 0 Å². The van der Waals surface area contributed by atoms with Crippen molar-refractivity contribution < 1.29 is 19.3 Å². The van der Waals surface area contributed by atoms with Crippen LogP contribution in [0.1, 0.15) is 16.7 Å². The first-order valence-electron chi connectivity index (χ1n) is 10.9. The van der Waals surface area contributed by atoms with Crippen LogP contribution in [0.15, 0.2) is 78.9 Å². The van der Waals surface area contributed by atoms with Crippen molar-refractivity contribution in [2.75, 3.05) is 41.0 Å². The van der Waals surface area contributed by atoms with Crippen molar-refractivity contribution >= 4 is 0 Å². The predicted molar refractivity (Wildman–Crippen MR) is 125 cm³/mol. The van der Waals surface area contributed by atoms with E-state index in [1.54, 1.807) is 14.2 Å². The van der Waals surface area contributed by atoms with Crippen LogP contribution in [0.5, 0.6) is 11.5 Å². The van der Waals surface area contributed by atoms with Crippen molar-refractivity contribution in [3.8, 4) is 11.5 Å².